The molecule has 0 atom stereocenters. The van der Waals surface area contributed by atoms with Crippen LogP contribution in [-0.4, -0.2) is 30.8 Å². The molecule has 0 radical (unpaired) electrons. The molecule has 27 heavy (non-hydrogen) atoms. The van der Waals surface area contributed by atoms with Crippen LogP contribution in [0.3, 0.4) is 0 Å². The zero-order valence-corrected chi connectivity index (χ0v) is 15.3. The number of fused-ring (bicyclic) bond motifs is 1. The van der Waals surface area contributed by atoms with Crippen molar-refractivity contribution in [3.05, 3.63) is 59.7 Å². The Balaban J connectivity index is 1.52. The molecular weight excluding hydrogens is 342 g/mol. The van der Waals surface area contributed by atoms with Gasteiger partial charge >= 0.3 is 0 Å². The molecule has 6 heteroatoms. The van der Waals surface area contributed by atoms with Gasteiger partial charge in [-0.3, -0.25) is 14.4 Å². The van der Waals surface area contributed by atoms with Crippen molar-refractivity contribution in [3.63, 3.8) is 0 Å². The molecule has 0 spiro atoms. The van der Waals surface area contributed by atoms with Gasteiger partial charge in [-0.1, -0.05) is 30.3 Å². The van der Waals surface area contributed by atoms with Gasteiger partial charge in [0.05, 0.1) is 13.0 Å². The van der Waals surface area contributed by atoms with Crippen LogP contribution < -0.4 is 15.5 Å². The van der Waals surface area contributed by atoms with Crippen LogP contribution in [0.25, 0.3) is 0 Å². The summed E-state index contributed by atoms with van der Waals surface area (Å²) in [7, 11) is 0. The summed E-state index contributed by atoms with van der Waals surface area (Å²) in [5.41, 5.74) is 3.61. The number of amides is 3. The summed E-state index contributed by atoms with van der Waals surface area (Å²) in [6, 6.07) is 15.0. The molecule has 1 aliphatic rings. The molecule has 6 nitrogen and oxygen atoms in total. The average molecular weight is 365 g/mol. The lowest BCUT2D eigenvalue weighted by molar-refractivity contribution is -0.124. The van der Waals surface area contributed by atoms with E-state index in [-0.39, 0.29) is 30.7 Å². The van der Waals surface area contributed by atoms with Gasteiger partial charge in [-0.05, 0) is 42.2 Å². The number of carbonyl (C=O) groups excluding carboxylic acids is 3. The van der Waals surface area contributed by atoms with E-state index in [1.807, 2.05) is 24.3 Å². The van der Waals surface area contributed by atoms with Crippen LogP contribution in [0.15, 0.2) is 48.5 Å². The highest BCUT2D eigenvalue weighted by atomic mass is 16.2. The second-order valence-corrected chi connectivity index (χ2v) is 6.61. The Labute approximate surface area is 158 Å². The molecule has 0 saturated heterocycles. The van der Waals surface area contributed by atoms with Crippen molar-refractivity contribution in [2.75, 3.05) is 23.3 Å². The summed E-state index contributed by atoms with van der Waals surface area (Å²) in [5, 5.41) is 5.39. The smallest absolute Gasteiger partial charge is 0.246 e. The fraction of sp³-hybridized carbons (Fsp3) is 0.286. The molecule has 2 aromatic carbocycles. The molecule has 2 N–H and O–H groups in total. The van der Waals surface area contributed by atoms with E-state index in [1.165, 1.54) is 12.5 Å². The first-order chi connectivity index (χ1) is 13.0. The SMILES string of the molecule is CC(=O)Nc1ccc(CC(=O)NCC(=O)N2CCCc3ccccc32)cc1. The number of nitrogens with zero attached hydrogens (tertiary/aromatic N) is 1. The van der Waals surface area contributed by atoms with E-state index in [9.17, 15) is 14.4 Å². The molecule has 0 bridgehead atoms. The van der Waals surface area contributed by atoms with Gasteiger partial charge in [0.2, 0.25) is 17.7 Å². The fourth-order valence-electron chi connectivity index (χ4n) is 3.22. The van der Waals surface area contributed by atoms with E-state index < -0.39 is 0 Å². The van der Waals surface area contributed by atoms with E-state index >= 15 is 0 Å². The zero-order chi connectivity index (χ0) is 19.2. The van der Waals surface area contributed by atoms with Crippen LogP contribution >= 0.6 is 0 Å². The number of benzene rings is 2. The van der Waals surface area contributed by atoms with Gasteiger partial charge in [-0.2, -0.15) is 0 Å². The molecule has 0 unspecified atom stereocenters. The van der Waals surface area contributed by atoms with E-state index in [0.717, 1.165) is 24.1 Å². The van der Waals surface area contributed by atoms with E-state index in [4.69, 9.17) is 0 Å². The number of anilines is 2. The highest BCUT2D eigenvalue weighted by molar-refractivity contribution is 5.97. The summed E-state index contributed by atoms with van der Waals surface area (Å²) in [6.45, 7) is 2.10. The Morgan fingerprint density at radius 3 is 2.52 bits per heavy atom. The second-order valence-electron chi connectivity index (χ2n) is 6.61. The maximum Gasteiger partial charge on any atom is 0.246 e. The average Bonchev–Trinajstić information content (AvgIpc) is 2.67. The lowest BCUT2D eigenvalue weighted by Crippen LogP contribution is -2.43. The quantitative estimate of drug-likeness (QED) is 0.853. The molecule has 140 valence electrons. The first-order valence-electron chi connectivity index (χ1n) is 9.04. The molecule has 1 aliphatic heterocycles. The minimum absolute atomic E-state index is 0.0167. The van der Waals surface area contributed by atoms with Gasteiger partial charge in [-0.15, -0.1) is 0 Å². The van der Waals surface area contributed by atoms with Crippen LogP contribution in [0.5, 0.6) is 0 Å². The largest absolute Gasteiger partial charge is 0.347 e. The summed E-state index contributed by atoms with van der Waals surface area (Å²) >= 11 is 0. The van der Waals surface area contributed by atoms with E-state index in [1.54, 1.807) is 29.2 Å². The van der Waals surface area contributed by atoms with E-state index in [2.05, 4.69) is 10.6 Å². The van der Waals surface area contributed by atoms with E-state index in [0.29, 0.717) is 12.2 Å². The number of nitrogens with one attached hydrogen (secondary N) is 2. The van der Waals surface area contributed by atoms with Crippen molar-refractivity contribution in [2.24, 2.45) is 0 Å². The fourth-order valence-corrected chi connectivity index (χ4v) is 3.22. The third-order valence-corrected chi connectivity index (χ3v) is 4.49. The third kappa shape index (κ3) is 4.94. The maximum absolute atomic E-state index is 12.5. The first-order valence-corrected chi connectivity index (χ1v) is 9.04. The monoisotopic (exact) mass is 365 g/mol. The predicted molar refractivity (Wildman–Crippen MR) is 105 cm³/mol. The lowest BCUT2D eigenvalue weighted by atomic mass is 10.0. The number of para-hydroxylation sites is 1. The number of hydrogen-bond donors (Lipinski definition) is 2. The Morgan fingerprint density at radius 2 is 1.78 bits per heavy atom. The molecule has 3 amide bonds. The molecule has 3 rings (SSSR count). The Kier molecular flexibility index (Phi) is 5.86. The molecule has 0 aromatic heterocycles. The minimum atomic E-state index is -0.207. The summed E-state index contributed by atoms with van der Waals surface area (Å²) in [6.07, 6.45) is 2.09. The highest BCUT2D eigenvalue weighted by Gasteiger charge is 2.22. The van der Waals surface area contributed by atoms with Gasteiger partial charge in [0.15, 0.2) is 0 Å². The molecule has 0 aliphatic carbocycles. The van der Waals surface area contributed by atoms with Crippen LogP contribution in [0.2, 0.25) is 0 Å². The predicted octanol–water partition coefficient (Wildman–Crippen LogP) is 2.28. The number of rotatable bonds is 5. The molecule has 1 heterocycles. The van der Waals surface area contributed by atoms with Crippen molar-refractivity contribution in [1.29, 1.82) is 0 Å². The third-order valence-electron chi connectivity index (χ3n) is 4.49. The highest BCUT2D eigenvalue weighted by Crippen LogP contribution is 2.26. The van der Waals surface area contributed by atoms with Gasteiger partial charge < -0.3 is 15.5 Å². The lowest BCUT2D eigenvalue weighted by Gasteiger charge is -2.29. The van der Waals surface area contributed by atoms with Crippen LogP contribution in [0.4, 0.5) is 11.4 Å². The number of aryl methyl sites for hydroxylation is 1. The Hall–Kier alpha value is -3.15. The minimum Gasteiger partial charge on any atom is -0.347 e. The number of carbonyl (C=O) groups is 3. The van der Waals surface area contributed by atoms with Crippen LogP contribution in [-0.2, 0) is 27.2 Å². The van der Waals surface area contributed by atoms with Gasteiger partial charge in [-0.25, -0.2) is 0 Å². The van der Waals surface area contributed by atoms with Crippen molar-refractivity contribution in [1.82, 2.24) is 5.32 Å². The number of hydrogen-bond acceptors (Lipinski definition) is 3. The first kappa shape index (κ1) is 18.6. The summed E-state index contributed by atoms with van der Waals surface area (Å²) in [5.74, 6) is -0.448. The van der Waals surface area contributed by atoms with Crippen LogP contribution in [0, 0.1) is 0 Å². The van der Waals surface area contributed by atoms with Gasteiger partial charge in [0.1, 0.15) is 0 Å². The topological polar surface area (TPSA) is 78.5 Å². The van der Waals surface area contributed by atoms with Crippen molar-refractivity contribution >= 4 is 29.1 Å². The Bertz CT molecular complexity index is 846. The Morgan fingerprint density at radius 1 is 1.04 bits per heavy atom. The summed E-state index contributed by atoms with van der Waals surface area (Å²) < 4.78 is 0. The molecular formula is C21H23N3O3. The zero-order valence-electron chi connectivity index (χ0n) is 15.3. The van der Waals surface area contributed by atoms with Crippen molar-refractivity contribution in [3.8, 4) is 0 Å². The molecule has 2 aromatic rings. The van der Waals surface area contributed by atoms with Crippen molar-refractivity contribution < 1.29 is 14.4 Å². The van der Waals surface area contributed by atoms with Gasteiger partial charge in [0.25, 0.3) is 0 Å². The molecule has 0 fully saturated rings. The van der Waals surface area contributed by atoms with Crippen molar-refractivity contribution in [2.45, 2.75) is 26.2 Å². The van der Waals surface area contributed by atoms with Gasteiger partial charge in [0, 0.05) is 24.8 Å². The standard InChI is InChI=1S/C21H23N3O3/c1-15(25)23-18-10-8-16(9-11-18)13-20(26)22-14-21(27)24-12-4-6-17-5-2-3-7-19(17)24/h2-3,5,7-11H,4,6,12-14H2,1H3,(H,22,26)(H,23,25). The molecule has 0 saturated carbocycles. The normalized spacial score (nSPS) is 12.9. The summed E-state index contributed by atoms with van der Waals surface area (Å²) in [4.78, 5) is 37.5. The second kappa shape index (κ2) is 8.49. The maximum atomic E-state index is 12.5. The van der Waals surface area contributed by atoms with Crippen LogP contribution in [0.1, 0.15) is 24.5 Å².